The molecule has 5 heteroatoms. The van der Waals surface area contributed by atoms with Crippen molar-refractivity contribution in [2.45, 2.75) is 0 Å². The standard InChI is InChI=1S/C16H15ClN2O2/c1-20-15-4-2-3-5-16(15)21-9-8-19-13-7-6-12(11-18)14(17)10-13/h2-7,10,19H,8-9H2,1H3. The lowest BCUT2D eigenvalue weighted by Gasteiger charge is -2.11. The monoisotopic (exact) mass is 302 g/mol. The van der Waals surface area contributed by atoms with E-state index in [4.69, 9.17) is 26.3 Å². The van der Waals surface area contributed by atoms with Crippen LogP contribution < -0.4 is 14.8 Å². The Morgan fingerprint density at radius 3 is 2.62 bits per heavy atom. The second-order valence-electron chi connectivity index (χ2n) is 4.23. The fraction of sp³-hybridized carbons (Fsp3) is 0.188. The zero-order chi connectivity index (χ0) is 15.1. The van der Waals surface area contributed by atoms with Crippen molar-refractivity contribution < 1.29 is 9.47 Å². The molecule has 108 valence electrons. The molecule has 2 rings (SSSR count). The molecule has 0 aliphatic carbocycles. The SMILES string of the molecule is COc1ccccc1OCCNc1ccc(C#N)c(Cl)c1. The first-order chi connectivity index (χ1) is 10.2. The second kappa shape index (κ2) is 7.41. The molecule has 2 aromatic carbocycles. The zero-order valence-electron chi connectivity index (χ0n) is 11.6. The molecule has 0 aliphatic heterocycles. The van der Waals surface area contributed by atoms with Crippen LogP contribution in [0.1, 0.15) is 5.56 Å². The minimum absolute atomic E-state index is 0.438. The van der Waals surface area contributed by atoms with E-state index in [1.807, 2.05) is 36.4 Å². The summed E-state index contributed by atoms with van der Waals surface area (Å²) in [7, 11) is 1.61. The zero-order valence-corrected chi connectivity index (χ0v) is 12.4. The number of nitriles is 1. The van der Waals surface area contributed by atoms with E-state index in [0.29, 0.717) is 35.2 Å². The number of nitrogens with zero attached hydrogens (tertiary/aromatic N) is 1. The van der Waals surface area contributed by atoms with Crippen LogP contribution in [0.4, 0.5) is 5.69 Å². The van der Waals surface area contributed by atoms with E-state index in [-0.39, 0.29) is 0 Å². The van der Waals surface area contributed by atoms with E-state index in [1.54, 1.807) is 19.2 Å². The first-order valence-corrected chi connectivity index (χ1v) is 6.81. The normalized spacial score (nSPS) is 9.76. The molecule has 0 atom stereocenters. The molecule has 0 aliphatic rings. The number of methoxy groups -OCH3 is 1. The lowest BCUT2D eigenvalue weighted by atomic mass is 10.2. The number of benzene rings is 2. The van der Waals surface area contributed by atoms with Crippen LogP contribution in [0.5, 0.6) is 11.5 Å². The second-order valence-corrected chi connectivity index (χ2v) is 4.64. The highest BCUT2D eigenvalue weighted by Crippen LogP contribution is 2.25. The van der Waals surface area contributed by atoms with E-state index < -0.39 is 0 Å². The number of anilines is 1. The molecule has 0 fully saturated rings. The Bertz CT molecular complexity index is 653. The summed E-state index contributed by atoms with van der Waals surface area (Å²) in [5, 5.41) is 12.4. The lowest BCUT2D eigenvalue weighted by Crippen LogP contribution is -2.11. The Kier molecular flexibility index (Phi) is 5.30. The van der Waals surface area contributed by atoms with Gasteiger partial charge in [-0.2, -0.15) is 5.26 Å². The minimum atomic E-state index is 0.438. The van der Waals surface area contributed by atoms with Gasteiger partial charge in [0.05, 0.1) is 17.7 Å². The van der Waals surface area contributed by atoms with Crippen molar-refractivity contribution >= 4 is 17.3 Å². The van der Waals surface area contributed by atoms with Crippen molar-refractivity contribution in [2.24, 2.45) is 0 Å². The predicted octanol–water partition coefficient (Wildman–Crippen LogP) is 3.71. The molecule has 0 aromatic heterocycles. The van der Waals surface area contributed by atoms with Gasteiger partial charge in [-0.25, -0.2) is 0 Å². The molecular weight excluding hydrogens is 288 g/mol. The topological polar surface area (TPSA) is 54.3 Å². The van der Waals surface area contributed by atoms with Gasteiger partial charge in [-0.15, -0.1) is 0 Å². The van der Waals surface area contributed by atoms with Gasteiger partial charge in [-0.3, -0.25) is 0 Å². The molecule has 0 bridgehead atoms. The van der Waals surface area contributed by atoms with E-state index in [9.17, 15) is 0 Å². The maximum atomic E-state index is 8.81. The average molecular weight is 303 g/mol. The summed E-state index contributed by atoms with van der Waals surface area (Å²) < 4.78 is 10.9. The number of ether oxygens (including phenoxy) is 2. The van der Waals surface area contributed by atoms with E-state index in [0.717, 1.165) is 5.69 Å². The van der Waals surface area contributed by atoms with Gasteiger partial charge in [0.25, 0.3) is 0 Å². The van der Waals surface area contributed by atoms with Crippen molar-refractivity contribution in [1.29, 1.82) is 5.26 Å². The summed E-state index contributed by atoms with van der Waals surface area (Å²) in [6.45, 7) is 1.10. The van der Waals surface area contributed by atoms with Crippen LogP contribution in [0.2, 0.25) is 5.02 Å². The smallest absolute Gasteiger partial charge is 0.161 e. The van der Waals surface area contributed by atoms with Crippen LogP contribution in [0.15, 0.2) is 42.5 Å². The van der Waals surface area contributed by atoms with Crippen LogP contribution in [0.3, 0.4) is 0 Å². The summed E-state index contributed by atoms with van der Waals surface area (Å²) in [5.41, 5.74) is 1.31. The minimum Gasteiger partial charge on any atom is -0.493 e. The van der Waals surface area contributed by atoms with Gasteiger partial charge in [0.1, 0.15) is 12.7 Å². The van der Waals surface area contributed by atoms with E-state index in [1.165, 1.54) is 0 Å². The molecule has 0 unspecified atom stereocenters. The molecule has 21 heavy (non-hydrogen) atoms. The summed E-state index contributed by atoms with van der Waals surface area (Å²) in [4.78, 5) is 0. The highest BCUT2D eigenvalue weighted by atomic mass is 35.5. The summed E-state index contributed by atoms with van der Waals surface area (Å²) >= 11 is 5.97. The van der Waals surface area contributed by atoms with Gasteiger partial charge in [0.2, 0.25) is 0 Å². The maximum Gasteiger partial charge on any atom is 0.161 e. The van der Waals surface area contributed by atoms with E-state index in [2.05, 4.69) is 5.32 Å². The third-order valence-electron chi connectivity index (χ3n) is 2.85. The quantitative estimate of drug-likeness (QED) is 0.826. The van der Waals surface area contributed by atoms with Crippen LogP contribution >= 0.6 is 11.6 Å². The molecule has 0 radical (unpaired) electrons. The average Bonchev–Trinajstić information content (AvgIpc) is 2.52. The number of halogens is 1. The Hall–Kier alpha value is -2.38. The number of nitrogens with one attached hydrogen (secondary N) is 1. The highest BCUT2D eigenvalue weighted by molar-refractivity contribution is 6.32. The molecule has 1 N–H and O–H groups in total. The van der Waals surface area contributed by atoms with Gasteiger partial charge in [0.15, 0.2) is 11.5 Å². The third-order valence-corrected chi connectivity index (χ3v) is 3.16. The Labute approximate surface area is 128 Å². The van der Waals surface area contributed by atoms with Gasteiger partial charge >= 0.3 is 0 Å². The van der Waals surface area contributed by atoms with Crippen molar-refractivity contribution in [3.8, 4) is 17.6 Å². The van der Waals surface area contributed by atoms with Gasteiger partial charge in [-0.1, -0.05) is 23.7 Å². The van der Waals surface area contributed by atoms with Gasteiger partial charge in [-0.05, 0) is 30.3 Å². The fourth-order valence-electron chi connectivity index (χ4n) is 1.81. The first-order valence-electron chi connectivity index (χ1n) is 6.44. The maximum absolute atomic E-state index is 8.81. The summed E-state index contributed by atoms with van der Waals surface area (Å²) in [5.74, 6) is 1.42. The van der Waals surface area contributed by atoms with Crippen molar-refractivity contribution in [3.05, 3.63) is 53.1 Å². The number of rotatable bonds is 6. The Balaban J connectivity index is 1.85. The lowest BCUT2D eigenvalue weighted by molar-refractivity contribution is 0.306. The highest BCUT2D eigenvalue weighted by Gasteiger charge is 2.03. The van der Waals surface area contributed by atoms with Crippen LogP contribution in [0.25, 0.3) is 0 Å². The van der Waals surface area contributed by atoms with Gasteiger partial charge in [0, 0.05) is 12.2 Å². The molecule has 2 aromatic rings. The van der Waals surface area contributed by atoms with Crippen LogP contribution in [-0.2, 0) is 0 Å². The largest absolute Gasteiger partial charge is 0.493 e. The fourth-order valence-corrected chi connectivity index (χ4v) is 2.03. The Morgan fingerprint density at radius 1 is 1.19 bits per heavy atom. The first kappa shape index (κ1) is 15.0. The molecule has 0 saturated heterocycles. The molecule has 0 spiro atoms. The van der Waals surface area contributed by atoms with Crippen molar-refractivity contribution in [1.82, 2.24) is 0 Å². The number of para-hydroxylation sites is 2. The summed E-state index contributed by atoms with van der Waals surface area (Å²) in [6.07, 6.45) is 0. The molecule has 0 amide bonds. The Morgan fingerprint density at radius 2 is 1.95 bits per heavy atom. The summed E-state index contributed by atoms with van der Waals surface area (Å²) in [6, 6.07) is 14.7. The van der Waals surface area contributed by atoms with Crippen LogP contribution in [0, 0.1) is 11.3 Å². The molecule has 4 nitrogen and oxygen atoms in total. The van der Waals surface area contributed by atoms with Crippen LogP contribution in [-0.4, -0.2) is 20.3 Å². The van der Waals surface area contributed by atoms with Crippen molar-refractivity contribution in [2.75, 3.05) is 25.6 Å². The molecule has 0 saturated carbocycles. The number of hydrogen-bond acceptors (Lipinski definition) is 4. The third kappa shape index (κ3) is 4.04. The predicted molar refractivity (Wildman–Crippen MR) is 83.1 cm³/mol. The van der Waals surface area contributed by atoms with Crippen molar-refractivity contribution in [3.63, 3.8) is 0 Å². The molecular formula is C16H15ClN2O2. The number of hydrogen-bond donors (Lipinski definition) is 1. The van der Waals surface area contributed by atoms with Gasteiger partial charge < -0.3 is 14.8 Å². The van der Waals surface area contributed by atoms with E-state index >= 15 is 0 Å². The molecule has 0 heterocycles.